The lowest BCUT2D eigenvalue weighted by Crippen LogP contribution is -2.13. The summed E-state index contributed by atoms with van der Waals surface area (Å²) in [5.74, 6) is -1.47. The van der Waals surface area contributed by atoms with Gasteiger partial charge in [0.1, 0.15) is 17.2 Å². The number of hydrogen-bond donors (Lipinski definition) is 1. The second-order valence-electron chi connectivity index (χ2n) is 3.21. The molecule has 0 unspecified atom stereocenters. The summed E-state index contributed by atoms with van der Waals surface area (Å²) < 4.78 is 13.0. The highest BCUT2D eigenvalue weighted by Crippen LogP contribution is 2.26. The average molecular weight is 303 g/mol. The van der Waals surface area contributed by atoms with Gasteiger partial charge in [-0.15, -0.1) is 0 Å². The number of halogens is 2. The Kier molecular flexibility index (Phi) is 3.67. The summed E-state index contributed by atoms with van der Waals surface area (Å²) >= 11 is 6.32. The molecule has 0 radical (unpaired) electrons. The quantitative estimate of drug-likeness (QED) is 0.533. The predicted octanol–water partition coefficient (Wildman–Crippen LogP) is 2.49. The fourth-order valence-corrected chi connectivity index (χ4v) is 1.97. The molecule has 2 aromatic rings. The molecule has 0 spiro atoms. The minimum atomic E-state index is -0.749. The molecule has 0 saturated heterocycles. The zero-order valence-electron chi connectivity index (χ0n) is 8.96. The highest BCUT2D eigenvalue weighted by Gasteiger charge is 2.17. The Labute approximate surface area is 114 Å². The normalized spacial score (nSPS) is 10.2. The lowest BCUT2D eigenvalue weighted by molar-refractivity contribution is -0.380. The smallest absolute Gasteiger partial charge is 0.298 e. The molecule has 0 aromatic carbocycles. The molecule has 0 aliphatic rings. The SMILES string of the molecule is O=C(Nc1ncc([N+](=O)[O-])s1)c1cc(F)cnc1Cl. The fourth-order valence-electron chi connectivity index (χ4n) is 1.15. The molecule has 0 bridgehead atoms. The van der Waals surface area contributed by atoms with Gasteiger partial charge in [0.05, 0.1) is 16.7 Å². The van der Waals surface area contributed by atoms with Gasteiger partial charge in [0.15, 0.2) is 5.13 Å². The molecule has 2 rings (SSSR count). The van der Waals surface area contributed by atoms with E-state index in [1.807, 2.05) is 0 Å². The van der Waals surface area contributed by atoms with Crippen LogP contribution in [0.15, 0.2) is 18.5 Å². The lowest BCUT2D eigenvalue weighted by atomic mass is 10.2. The zero-order valence-corrected chi connectivity index (χ0v) is 10.5. The maximum Gasteiger partial charge on any atom is 0.345 e. The standard InChI is InChI=1S/C9H4ClFN4O3S/c10-7-5(1-4(11)2-12-7)8(16)14-9-13-3-6(19-9)15(17)18/h1-3H,(H,13,14,16). The molecule has 0 saturated carbocycles. The summed E-state index contributed by atoms with van der Waals surface area (Å²) in [4.78, 5) is 28.7. The zero-order chi connectivity index (χ0) is 14.0. The van der Waals surface area contributed by atoms with Crippen LogP contribution < -0.4 is 5.32 Å². The van der Waals surface area contributed by atoms with Crippen LogP contribution in [0.1, 0.15) is 10.4 Å². The van der Waals surface area contributed by atoms with Gasteiger partial charge < -0.3 is 0 Å². The third-order valence-corrected chi connectivity index (χ3v) is 3.11. The van der Waals surface area contributed by atoms with E-state index in [4.69, 9.17) is 11.6 Å². The van der Waals surface area contributed by atoms with Crippen molar-refractivity contribution in [2.45, 2.75) is 0 Å². The number of anilines is 1. The summed E-state index contributed by atoms with van der Waals surface area (Å²) in [6.45, 7) is 0. The Bertz CT molecular complexity index is 663. The third kappa shape index (κ3) is 3.01. The minimum Gasteiger partial charge on any atom is -0.298 e. The number of carbonyl (C=O) groups excluding carboxylic acids is 1. The van der Waals surface area contributed by atoms with E-state index in [-0.39, 0.29) is 20.8 Å². The van der Waals surface area contributed by atoms with Crippen LogP contribution >= 0.6 is 22.9 Å². The highest BCUT2D eigenvalue weighted by atomic mass is 35.5. The Morgan fingerprint density at radius 3 is 2.84 bits per heavy atom. The molecule has 0 aliphatic heterocycles. The van der Waals surface area contributed by atoms with Crippen molar-refractivity contribution >= 4 is 39.0 Å². The summed E-state index contributed by atoms with van der Waals surface area (Å²) in [6.07, 6.45) is 1.87. The number of nitrogens with one attached hydrogen (secondary N) is 1. The van der Waals surface area contributed by atoms with Crippen molar-refractivity contribution < 1.29 is 14.1 Å². The van der Waals surface area contributed by atoms with Gasteiger partial charge in [-0.05, 0) is 17.4 Å². The van der Waals surface area contributed by atoms with Crippen molar-refractivity contribution in [1.82, 2.24) is 9.97 Å². The van der Waals surface area contributed by atoms with Crippen molar-refractivity contribution in [3.63, 3.8) is 0 Å². The van der Waals surface area contributed by atoms with Crippen LogP contribution in [0.3, 0.4) is 0 Å². The number of pyridine rings is 1. The number of amides is 1. The van der Waals surface area contributed by atoms with Crippen LogP contribution in [0.4, 0.5) is 14.5 Å². The number of aromatic nitrogens is 2. The van der Waals surface area contributed by atoms with E-state index >= 15 is 0 Å². The Morgan fingerprint density at radius 2 is 2.21 bits per heavy atom. The monoisotopic (exact) mass is 302 g/mol. The number of rotatable bonds is 3. The highest BCUT2D eigenvalue weighted by molar-refractivity contribution is 7.18. The van der Waals surface area contributed by atoms with Gasteiger partial charge in [-0.1, -0.05) is 11.6 Å². The van der Waals surface area contributed by atoms with Gasteiger partial charge in [-0.3, -0.25) is 20.2 Å². The second kappa shape index (κ2) is 5.24. The van der Waals surface area contributed by atoms with E-state index in [0.717, 1.165) is 18.5 Å². The minimum absolute atomic E-state index is 0.0111. The fraction of sp³-hybridized carbons (Fsp3) is 0. The van der Waals surface area contributed by atoms with E-state index in [9.17, 15) is 19.3 Å². The van der Waals surface area contributed by atoms with Crippen molar-refractivity contribution in [3.8, 4) is 0 Å². The maximum absolute atomic E-state index is 13.0. The van der Waals surface area contributed by atoms with Gasteiger partial charge >= 0.3 is 5.00 Å². The van der Waals surface area contributed by atoms with Crippen LogP contribution in [0.5, 0.6) is 0 Å². The van der Waals surface area contributed by atoms with E-state index in [0.29, 0.717) is 11.3 Å². The molecular formula is C9H4ClFN4O3S. The van der Waals surface area contributed by atoms with E-state index in [1.165, 1.54) is 0 Å². The first kappa shape index (κ1) is 13.3. The molecule has 0 aliphatic carbocycles. The molecule has 2 aromatic heterocycles. The first-order valence-electron chi connectivity index (χ1n) is 4.70. The number of hydrogen-bond acceptors (Lipinski definition) is 6. The first-order chi connectivity index (χ1) is 8.97. The topological polar surface area (TPSA) is 98.0 Å². The van der Waals surface area contributed by atoms with Crippen LogP contribution in [0.25, 0.3) is 0 Å². The van der Waals surface area contributed by atoms with Gasteiger partial charge in [-0.2, -0.15) is 0 Å². The Morgan fingerprint density at radius 1 is 1.47 bits per heavy atom. The summed E-state index contributed by atoms with van der Waals surface area (Å²) in [7, 11) is 0. The van der Waals surface area contributed by atoms with Gasteiger partial charge in [0.25, 0.3) is 5.91 Å². The molecule has 0 fully saturated rings. The summed E-state index contributed by atoms with van der Waals surface area (Å²) in [5, 5.41) is 12.3. The maximum atomic E-state index is 13.0. The largest absolute Gasteiger partial charge is 0.345 e. The van der Waals surface area contributed by atoms with E-state index < -0.39 is 16.6 Å². The van der Waals surface area contributed by atoms with Crippen molar-refractivity contribution in [2.75, 3.05) is 5.32 Å². The molecule has 1 amide bonds. The average Bonchev–Trinajstić information content (AvgIpc) is 2.80. The van der Waals surface area contributed by atoms with E-state index in [1.54, 1.807) is 0 Å². The Hall–Kier alpha value is -2.13. The second-order valence-corrected chi connectivity index (χ2v) is 4.57. The third-order valence-electron chi connectivity index (χ3n) is 1.94. The molecular weight excluding hydrogens is 299 g/mol. The van der Waals surface area contributed by atoms with Crippen LogP contribution in [-0.4, -0.2) is 20.8 Å². The Balaban J connectivity index is 2.20. The van der Waals surface area contributed by atoms with Crippen LogP contribution in [-0.2, 0) is 0 Å². The molecule has 7 nitrogen and oxygen atoms in total. The van der Waals surface area contributed by atoms with E-state index in [2.05, 4.69) is 15.3 Å². The van der Waals surface area contributed by atoms with Gasteiger partial charge in [0.2, 0.25) is 0 Å². The van der Waals surface area contributed by atoms with Gasteiger partial charge in [-0.25, -0.2) is 14.4 Å². The van der Waals surface area contributed by atoms with Crippen LogP contribution in [0.2, 0.25) is 5.15 Å². The molecule has 2 heterocycles. The van der Waals surface area contributed by atoms with Crippen LogP contribution in [0, 0.1) is 15.9 Å². The number of carbonyl (C=O) groups is 1. The van der Waals surface area contributed by atoms with Gasteiger partial charge in [0, 0.05) is 0 Å². The van der Waals surface area contributed by atoms with Crippen molar-refractivity contribution in [1.29, 1.82) is 0 Å². The summed E-state index contributed by atoms with van der Waals surface area (Å²) in [5.41, 5.74) is -0.181. The van der Waals surface area contributed by atoms with Crippen molar-refractivity contribution in [3.05, 3.63) is 45.1 Å². The molecule has 19 heavy (non-hydrogen) atoms. The molecule has 98 valence electrons. The molecule has 1 N–H and O–H groups in total. The summed E-state index contributed by atoms with van der Waals surface area (Å²) in [6, 6.07) is 0.909. The first-order valence-corrected chi connectivity index (χ1v) is 5.89. The lowest BCUT2D eigenvalue weighted by Gasteiger charge is -2.02. The van der Waals surface area contributed by atoms with Crippen molar-refractivity contribution in [2.24, 2.45) is 0 Å². The molecule has 10 heteroatoms. The molecule has 0 atom stereocenters. The predicted molar refractivity (Wildman–Crippen MR) is 65.9 cm³/mol. The number of nitrogens with zero attached hydrogens (tertiary/aromatic N) is 3. The number of nitro groups is 1. The number of thiazole rings is 1.